The number of hydrazine groups is 1. The smallest absolute Gasteiger partial charge is 0.274 e. The molecule has 0 saturated carbocycles. The lowest BCUT2D eigenvalue weighted by Gasteiger charge is -2.06. The monoisotopic (exact) mass is 324 g/mol. The Labute approximate surface area is 117 Å². The molecule has 4 N–H and O–H groups in total. The van der Waals surface area contributed by atoms with Crippen molar-refractivity contribution in [3.05, 3.63) is 52.5 Å². The van der Waals surface area contributed by atoms with Crippen LogP contribution in [-0.2, 0) is 0 Å². The number of halogens is 2. The summed E-state index contributed by atoms with van der Waals surface area (Å²) in [4.78, 5) is 15.8. The van der Waals surface area contributed by atoms with E-state index in [-0.39, 0.29) is 5.69 Å². The largest absolute Gasteiger partial charge is 0.324 e. The number of pyridine rings is 1. The summed E-state index contributed by atoms with van der Waals surface area (Å²) < 4.78 is 13.6. The molecule has 2 aromatic rings. The fourth-order valence-corrected chi connectivity index (χ4v) is 1.66. The van der Waals surface area contributed by atoms with Gasteiger partial charge in [-0.15, -0.1) is 0 Å². The number of rotatable bonds is 3. The average Bonchev–Trinajstić information content (AvgIpc) is 2.43. The first-order valence-electron chi connectivity index (χ1n) is 5.29. The minimum Gasteiger partial charge on any atom is -0.324 e. The van der Waals surface area contributed by atoms with E-state index in [0.717, 1.165) is 0 Å². The molecule has 1 aromatic carbocycles. The molecule has 1 aromatic heterocycles. The van der Waals surface area contributed by atoms with Gasteiger partial charge in [-0.05, 0) is 46.3 Å². The van der Waals surface area contributed by atoms with Crippen molar-refractivity contribution in [2.24, 2.45) is 5.84 Å². The summed E-state index contributed by atoms with van der Waals surface area (Å²) in [5.41, 5.74) is 3.50. The maximum absolute atomic E-state index is 13.3. The number of nitrogens with zero attached hydrogens (tertiary/aromatic N) is 1. The van der Waals surface area contributed by atoms with Gasteiger partial charge in [0.25, 0.3) is 5.91 Å². The number of anilines is 2. The molecule has 0 spiro atoms. The van der Waals surface area contributed by atoms with Gasteiger partial charge in [0.1, 0.15) is 11.5 Å². The molecule has 19 heavy (non-hydrogen) atoms. The van der Waals surface area contributed by atoms with E-state index in [1.807, 2.05) is 0 Å². The van der Waals surface area contributed by atoms with Crippen molar-refractivity contribution in [1.82, 2.24) is 4.98 Å². The summed E-state index contributed by atoms with van der Waals surface area (Å²) in [7, 11) is 0. The first-order chi connectivity index (χ1) is 9.10. The van der Waals surface area contributed by atoms with Crippen molar-refractivity contribution in [1.29, 1.82) is 0 Å². The number of benzene rings is 1. The number of amides is 1. The number of carbonyl (C=O) groups is 1. The fourth-order valence-electron chi connectivity index (χ4n) is 1.41. The molecule has 1 amide bonds. The number of nitrogens with two attached hydrogens (primary N) is 1. The third-order valence-corrected chi connectivity index (χ3v) is 2.98. The van der Waals surface area contributed by atoms with Crippen LogP contribution in [0.5, 0.6) is 0 Å². The second-order valence-electron chi connectivity index (χ2n) is 3.66. The van der Waals surface area contributed by atoms with Crippen LogP contribution in [0.15, 0.2) is 41.0 Å². The molecule has 0 atom stereocenters. The van der Waals surface area contributed by atoms with E-state index in [1.54, 1.807) is 12.1 Å². The third kappa shape index (κ3) is 3.27. The van der Waals surface area contributed by atoms with Gasteiger partial charge in [0.2, 0.25) is 0 Å². The van der Waals surface area contributed by atoms with E-state index in [1.165, 1.54) is 24.4 Å². The maximum Gasteiger partial charge on any atom is 0.274 e. The van der Waals surface area contributed by atoms with Gasteiger partial charge in [-0.3, -0.25) is 15.6 Å². The maximum atomic E-state index is 13.3. The Morgan fingerprint density at radius 1 is 1.26 bits per heavy atom. The second-order valence-corrected chi connectivity index (χ2v) is 4.51. The zero-order valence-corrected chi connectivity index (χ0v) is 11.2. The van der Waals surface area contributed by atoms with Crippen molar-refractivity contribution in [3.8, 4) is 0 Å². The van der Waals surface area contributed by atoms with E-state index in [2.05, 4.69) is 31.7 Å². The third-order valence-electron chi connectivity index (χ3n) is 2.34. The molecule has 0 aliphatic heterocycles. The van der Waals surface area contributed by atoms with Gasteiger partial charge in [-0.25, -0.2) is 4.39 Å². The molecule has 0 saturated heterocycles. The highest BCUT2D eigenvalue weighted by Gasteiger charge is 2.09. The topological polar surface area (TPSA) is 80.0 Å². The zero-order valence-electron chi connectivity index (χ0n) is 9.65. The minimum atomic E-state index is -0.455. The van der Waals surface area contributed by atoms with E-state index >= 15 is 0 Å². The van der Waals surface area contributed by atoms with Crippen LogP contribution >= 0.6 is 15.9 Å². The fraction of sp³-hybridized carbons (Fsp3) is 0. The molecule has 5 nitrogen and oxygen atoms in total. The Bertz CT molecular complexity index is 620. The number of carbonyl (C=O) groups excluding carboxylic acids is 1. The van der Waals surface area contributed by atoms with Crippen molar-refractivity contribution >= 4 is 33.2 Å². The molecule has 0 aliphatic carbocycles. The Morgan fingerprint density at radius 3 is 2.74 bits per heavy atom. The quantitative estimate of drug-likeness (QED) is 0.598. The predicted molar refractivity (Wildman–Crippen MR) is 74.1 cm³/mol. The number of hydrogen-bond donors (Lipinski definition) is 3. The molecule has 0 unspecified atom stereocenters. The van der Waals surface area contributed by atoms with Crippen molar-refractivity contribution in [2.45, 2.75) is 0 Å². The average molecular weight is 325 g/mol. The summed E-state index contributed by atoms with van der Waals surface area (Å²) in [6.45, 7) is 0. The lowest BCUT2D eigenvalue weighted by molar-refractivity contribution is 0.102. The van der Waals surface area contributed by atoms with E-state index in [0.29, 0.717) is 15.8 Å². The first kappa shape index (κ1) is 13.4. The molecular formula is C12H10BrFN4O. The predicted octanol–water partition coefficient (Wildman–Crippen LogP) is 2.52. The van der Waals surface area contributed by atoms with Crippen LogP contribution in [0.3, 0.4) is 0 Å². The molecule has 98 valence electrons. The van der Waals surface area contributed by atoms with Crippen LogP contribution in [0.25, 0.3) is 0 Å². The van der Waals surface area contributed by atoms with Crippen LogP contribution in [0.1, 0.15) is 10.5 Å². The number of nitrogen functional groups attached to an aromatic ring is 1. The Kier molecular flexibility index (Phi) is 4.08. The van der Waals surface area contributed by atoms with Crippen LogP contribution in [0.2, 0.25) is 0 Å². The van der Waals surface area contributed by atoms with Gasteiger partial charge in [-0.2, -0.15) is 0 Å². The Balaban J connectivity index is 2.18. The molecule has 0 fully saturated rings. The second kappa shape index (κ2) is 5.77. The standard InChI is InChI=1S/C12H10BrFN4O/c13-9-2-1-7(5-10(9)14)17-12(19)11-6-8(18-15)3-4-16-11/h1-6H,15H2,(H,16,18)(H,17,19). The molecule has 2 rings (SSSR count). The van der Waals surface area contributed by atoms with Gasteiger partial charge in [-0.1, -0.05) is 0 Å². The van der Waals surface area contributed by atoms with Crippen molar-refractivity contribution in [2.75, 3.05) is 10.7 Å². The van der Waals surface area contributed by atoms with Gasteiger partial charge in [0, 0.05) is 11.9 Å². The lowest BCUT2D eigenvalue weighted by Crippen LogP contribution is -2.15. The normalized spacial score (nSPS) is 10.1. The summed E-state index contributed by atoms with van der Waals surface area (Å²) in [6.07, 6.45) is 1.45. The van der Waals surface area contributed by atoms with E-state index in [9.17, 15) is 9.18 Å². The molecule has 7 heteroatoms. The van der Waals surface area contributed by atoms with Gasteiger partial charge in [0.05, 0.1) is 10.2 Å². The molecule has 1 heterocycles. The summed E-state index contributed by atoms with van der Waals surface area (Å²) in [5, 5.41) is 2.55. The van der Waals surface area contributed by atoms with E-state index < -0.39 is 11.7 Å². The SMILES string of the molecule is NNc1ccnc(C(=O)Nc2ccc(Br)c(F)c2)c1. The molecule has 0 bridgehead atoms. The molecular weight excluding hydrogens is 315 g/mol. The highest BCUT2D eigenvalue weighted by molar-refractivity contribution is 9.10. The first-order valence-corrected chi connectivity index (χ1v) is 6.08. The Morgan fingerprint density at radius 2 is 2.05 bits per heavy atom. The Hall–Kier alpha value is -1.99. The van der Waals surface area contributed by atoms with Crippen molar-refractivity contribution in [3.63, 3.8) is 0 Å². The lowest BCUT2D eigenvalue weighted by atomic mass is 10.2. The zero-order chi connectivity index (χ0) is 13.8. The van der Waals surface area contributed by atoms with Gasteiger partial charge in [0.15, 0.2) is 0 Å². The van der Waals surface area contributed by atoms with Crippen LogP contribution in [-0.4, -0.2) is 10.9 Å². The van der Waals surface area contributed by atoms with Crippen LogP contribution < -0.4 is 16.6 Å². The van der Waals surface area contributed by atoms with Crippen LogP contribution in [0.4, 0.5) is 15.8 Å². The highest BCUT2D eigenvalue weighted by atomic mass is 79.9. The van der Waals surface area contributed by atoms with Gasteiger partial charge < -0.3 is 10.7 Å². The van der Waals surface area contributed by atoms with E-state index in [4.69, 9.17) is 5.84 Å². The van der Waals surface area contributed by atoms with Crippen LogP contribution in [0, 0.1) is 5.82 Å². The van der Waals surface area contributed by atoms with Gasteiger partial charge >= 0.3 is 0 Å². The summed E-state index contributed by atoms with van der Waals surface area (Å²) >= 11 is 3.04. The molecule has 0 aliphatic rings. The van der Waals surface area contributed by atoms with Crippen molar-refractivity contribution < 1.29 is 9.18 Å². The number of aromatic nitrogens is 1. The highest BCUT2D eigenvalue weighted by Crippen LogP contribution is 2.19. The summed E-state index contributed by atoms with van der Waals surface area (Å²) in [5.74, 6) is 4.34. The molecule has 0 radical (unpaired) electrons. The summed E-state index contributed by atoms with van der Waals surface area (Å²) in [6, 6.07) is 7.42. The minimum absolute atomic E-state index is 0.179. The number of nitrogens with one attached hydrogen (secondary N) is 2. The number of hydrogen-bond acceptors (Lipinski definition) is 4.